The maximum Gasteiger partial charge on any atom is 0.130 e. The highest BCUT2D eigenvalue weighted by atomic mass is 16.1. The topological polar surface area (TPSA) is 32.7 Å². The number of Topliss-reactive ketones (excluding diaryl/α,β-unsaturated/α-hetero) is 1. The van der Waals surface area contributed by atoms with Crippen molar-refractivity contribution in [1.82, 2.24) is 5.01 Å². The fraction of sp³-hybridized carbons (Fsp3) is 0.429. The van der Waals surface area contributed by atoms with E-state index in [9.17, 15) is 4.79 Å². The molecule has 0 saturated carbocycles. The summed E-state index contributed by atoms with van der Waals surface area (Å²) in [6.07, 6.45) is 1.32. The third-order valence-corrected chi connectivity index (χ3v) is 2.43. The SMILES string of the molecule is CC(=O)CCC(C)=NN(C)Cc1ccccc1. The summed E-state index contributed by atoms with van der Waals surface area (Å²) in [5.74, 6) is 0.213. The second kappa shape index (κ2) is 6.84. The van der Waals surface area contributed by atoms with Gasteiger partial charge in [-0.1, -0.05) is 30.3 Å². The van der Waals surface area contributed by atoms with Gasteiger partial charge in [0.2, 0.25) is 0 Å². The van der Waals surface area contributed by atoms with Crippen molar-refractivity contribution in [2.75, 3.05) is 7.05 Å². The minimum atomic E-state index is 0.213. The quantitative estimate of drug-likeness (QED) is 0.558. The van der Waals surface area contributed by atoms with E-state index in [4.69, 9.17) is 0 Å². The number of hydrazone groups is 1. The van der Waals surface area contributed by atoms with Crippen LogP contribution in [0.4, 0.5) is 0 Å². The summed E-state index contributed by atoms with van der Waals surface area (Å²) in [4.78, 5) is 10.9. The number of nitrogens with zero attached hydrogens (tertiary/aromatic N) is 2. The molecule has 0 spiro atoms. The predicted molar refractivity (Wildman–Crippen MR) is 70.9 cm³/mol. The van der Waals surface area contributed by atoms with Crippen LogP contribution in [0.3, 0.4) is 0 Å². The van der Waals surface area contributed by atoms with Crippen LogP contribution in [0.15, 0.2) is 35.4 Å². The summed E-state index contributed by atoms with van der Waals surface area (Å²) in [5.41, 5.74) is 2.23. The van der Waals surface area contributed by atoms with Crippen molar-refractivity contribution in [3.8, 4) is 0 Å². The first-order chi connectivity index (χ1) is 8.08. The van der Waals surface area contributed by atoms with Crippen LogP contribution in [-0.2, 0) is 11.3 Å². The summed E-state index contributed by atoms with van der Waals surface area (Å²) in [5, 5.41) is 6.35. The van der Waals surface area contributed by atoms with E-state index in [1.165, 1.54) is 5.56 Å². The molecule has 0 radical (unpaired) electrons. The lowest BCUT2D eigenvalue weighted by atomic mass is 10.2. The Balaban J connectivity index is 2.45. The van der Waals surface area contributed by atoms with Crippen molar-refractivity contribution in [3.63, 3.8) is 0 Å². The fourth-order valence-corrected chi connectivity index (χ4v) is 1.58. The van der Waals surface area contributed by atoms with Crippen molar-refractivity contribution in [1.29, 1.82) is 0 Å². The van der Waals surface area contributed by atoms with Crippen LogP contribution in [0, 0.1) is 0 Å². The van der Waals surface area contributed by atoms with Crippen molar-refractivity contribution >= 4 is 11.5 Å². The van der Waals surface area contributed by atoms with Gasteiger partial charge in [0.1, 0.15) is 5.78 Å². The van der Waals surface area contributed by atoms with Crippen LogP contribution >= 0.6 is 0 Å². The molecule has 0 aliphatic rings. The third-order valence-electron chi connectivity index (χ3n) is 2.43. The lowest BCUT2D eigenvalue weighted by molar-refractivity contribution is -0.116. The second-order valence-electron chi connectivity index (χ2n) is 4.34. The lowest BCUT2D eigenvalue weighted by Gasteiger charge is -2.14. The largest absolute Gasteiger partial charge is 0.300 e. The van der Waals surface area contributed by atoms with Gasteiger partial charge >= 0.3 is 0 Å². The molecule has 0 fully saturated rings. The van der Waals surface area contributed by atoms with Crippen molar-refractivity contribution in [2.24, 2.45) is 5.10 Å². The average Bonchev–Trinajstić information content (AvgIpc) is 2.27. The number of ketones is 1. The number of rotatable bonds is 6. The van der Waals surface area contributed by atoms with Gasteiger partial charge in [0.05, 0.1) is 6.54 Å². The Labute approximate surface area is 103 Å². The maximum absolute atomic E-state index is 10.9. The molecular weight excluding hydrogens is 212 g/mol. The Kier molecular flexibility index (Phi) is 5.40. The van der Waals surface area contributed by atoms with E-state index in [1.54, 1.807) is 6.92 Å². The van der Waals surface area contributed by atoms with E-state index in [0.29, 0.717) is 6.42 Å². The number of carbonyl (C=O) groups excluding carboxylic acids is 1. The van der Waals surface area contributed by atoms with Crippen LogP contribution in [0.2, 0.25) is 0 Å². The van der Waals surface area contributed by atoms with Gasteiger partial charge in [-0.2, -0.15) is 5.10 Å². The van der Waals surface area contributed by atoms with Crippen molar-refractivity contribution < 1.29 is 4.79 Å². The first-order valence-electron chi connectivity index (χ1n) is 5.86. The molecule has 0 aliphatic carbocycles. The average molecular weight is 232 g/mol. The van der Waals surface area contributed by atoms with Crippen LogP contribution in [0.1, 0.15) is 32.3 Å². The van der Waals surface area contributed by atoms with Gasteiger partial charge < -0.3 is 4.79 Å². The minimum Gasteiger partial charge on any atom is -0.300 e. The zero-order chi connectivity index (χ0) is 12.7. The zero-order valence-electron chi connectivity index (χ0n) is 10.8. The summed E-state index contributed by atoms with van der Waals surface area (Å²) < 4.78 is 0. The van der Waals surface area contributed by atoms with Gasteiger partial charge in [0.25, 0.3) is 0 Å². The third kappa shape index (κ3) is 5.85. The molecule has 0 aromatic heterocycles. The summed E-state index contributed by atoms with van der Waals surface area (Å²) in [6.45, 7) is 4.36. The first kappa shape index (κ1) is 13.4. The molecule has 0 N–H and O–H groups in total. The first-order valence-corrected chi connectivity index (χ1v) is 5.86. The molecule has 1 rings (SSSR count). The fourth-order valence-electron chi connectivity index (χ4n) is 1.58. The maximum atomic E-state index is 10.9. The second-order valence-corrected chi connectivity index (χ2v) is 4.34. The molecule has 0 saturated heterocycles. The summed E-state index contributed by atoms with van der Waals surface area (Å²) >= 11 is 0. The van der Waals surface area contributed by atoms with E-state index < -0.39 is 0 Å². The molecule has 17 heavy (non-hydrogen) atoms. The molecule has 1 aromatic rings. The molecule has 92 valence electrons. The minimum absolute atomic E-state index is 0.213. The number of carbonyl (C=O) groups is 1. The Morgan fingerprint density at radius 3 is 2.41 bits per heavy atom. The highest BCUT2D eigenvalue weighted by molar-refractivity contribution is 5.86. The standard InChI is InChI=1S/C14H20N2O/c1-12(9-10-13(2)17)15-16(3)11-14-7-5-4-6-8-14/h4-8H,9-11H2,1-3H3. The summed E-state index contributed by atoms with van der Waals surface area (Å²) in [7, 11) is 1.95. The lowest BCUT2D eigenvalue weighted by Crippen LogP contribution is -2.13. The monoisotopic (exact) mass is 232 g/mol. The van der Waals surface area contributed by atoms with E-state index in [1.807, 2.05) is 37.2 Å². The number of hydrogen-bond acceptors (Lipinski definition) is 3. The highest BCUT2D eigenvalue weighted by Gasteiger charge is 2.00. The Bertz CT molecular complexity index is 384. The van der Waals surface area contributed by atoms with Gasteiger partial charge in [-0.15, -0.1) is 0 Å². The highest BCUT2D eigenvalue weighted by Crippen LogP contribution is 2.04. The molecule has 0 aliphatic heterocycles. The zero-order valence-corrected chi connectivity index (χ0v) is 10.8. The van der Waals surface area contributed by atoms with Crippen molar-refractivity contribution in [2.45, 2.75) is 33.2 Å². The Morgan fingerprint density at radius 2 is 1.82 bits per heavy atom. The summed E-state index contributed by atoms with van der Waals surface area (Å²) in [6, 6.07) is 10.2. The molecule has 1 aromatic carbocycles. The van der Waals surface area contributed by atoms with Gasteiger partial charge in [-0.05, 0) is 25.8 Å². The van der Waals surface area contributed by atoms with Crippen LogP contribution in [0.5, 0.6) is 0 Å². The van der Waals surface area contributed by atoms with Gasteiger partial charge in [-0.3, -0.25) is 5.01 Å². The molecule has 3 nitrogen and oxygen atoms in total. The van der Waals surface area contributed by atoms with Crippen LogP contribution in [0.25, 0.3) is 0 Å². The van der Waals surface area contributed by atoms with Gasteiger partial charge in [-0.25, -0.2) is 0 Å². The van der Waals surface area contributed by atoms with Gasteiger partial charge in [0, 0.05) is 19.2 Å². The Hall–Kier alpha value is -1.64. The van der Waals surface area contributed by atoms with E-state index in [-0.39, 0.29) is 5.78 Å². The predicted octanol–water partition coefficient (Wildman–Crippen LogP) is 2.86. The van der Waals surface area contributed by atoms with E-state index in [2.05, 4.69) is 17.2 Å². The molecule has 0 atom stereocenters. The molecule has 0 unspecified atom stereocenters. The normalized spacial score (nSPS) is 11.4. The smallest absolute Gasteiger partial charge is 0.130 e. The number of hydrogen-bond donors (Lipinski definition) is 0. The van der Waals surface area contributed by atoms with E-state index in [0.717, 1.165) is 18.7 Å². The molecule has 0 amide bonds. The Morgan fingerprint density at radius 1 is 1.18 bits per heavy atom. The van der Waals surface area contributed by atoms with Crippen LogP contribution in [-0.4, -0.2) is 23.6 Å². The molecule has 0 bridgehead atoms. The van der Waals surface area contributed by atoms with Crippen molar-refractivity contribution in [3.05, 3.63) is 35.9 Å². The van der Waals surface area contributed by atoms with Gasteiger partial charge in [0.15, 0.2) is 0 Å². The van der Waals surface area contributed by atoms with Crippen LogP contribution < -0.4 is 0 Å². The number of benzene rings is 1. The molecule has 3 heteroatoms. The molecular formula is C14H20N2O. The van der Waals surface area contributed by atoms with E-state index >= 15 is 0 Å². The molecule has 0 heterocycles.